The van der Waals surface area contributed by atoms with Gasteiger partial charge in [0.05, 0.1) is 26.2 Å². The van der Waals surface area contributed by atoms with Crippen LogP contribution in [0.3, 0.4) is 0 Å². The Morgan fingerprint density at radius 2 is 0.857 bits per heavy atom. The molecule has 0 amide bonds. The van der Waals surface area contributed by atoms with Crippen molar-refractivity contribution in [2.24, 2.45) is 0 Å². The third kappa shape index (κ3) is 11.2. The first-order chi connectivity index (χ1) is 10.2. The van der Waals surface area contributed by atoms with E-state index in [1.165, 1.54) is 108 Å². The lowest BCUT2D eigenvalue weighted by Crippen LogP contribution is -2.49. The van der Waals surface area contributed by atoms with Crippen LogP contribution in [0.15, 0.2) is 0 Å². The lowest BCUT2D eigenvalue weighted by Gasteiger charge is -2.37. The van der Waals surface area contributed by atoms with E-state index in [0.29, 0.717) is 0 Å². The van der Waals surface area contributed by atoms with Gasteiger partial charge in [-0.3, -0.25) is 0 Å². The fraction of sp³-hybridized carbons (Fsp3) is 1.00. The molecule has 0 fully saturated rings. The summed E-state index contributed by atoms with van der Waals surface area (Å²) in [6, 6.07) is 0. The van der Waals surface area contributed by atoms with Crippen LogP contribution in [0.1, 0.15) is 105 Å². The van der Waals surface area contributed by atoms with Crippen molar-refractivity contribution in [3.63, 3.8) is 0 Å². The standard InChI is InChI=1S/C20H44N/c1-5-9-10-11-12-13-14-15-16-17-20-21(8-4,18-6-2)19-7-3/h5-20H2,1-4H3/q+1. The zero-order chi connectivity index (χ0) is 15.8. The fourth-order valence-corrected chi connectivity index (χ4v) is 3.69. The molecule has 1 heteroatoms. The van der Waals surface area contributed by atoms with Crippen molar-refractivity contribution in [2.75, 3.05) is 26.2 Å². The Morgan fingerprint density at radius 3 is 1.24 bits per heavy atom. The largest absolute Gasteiger partial charge is 0.324 e. The molecule has 0 aromatic carbocycles. The Morgan fingerprint density at radius 1 is 0.429 bits per heavy atom. The normalized spacial score (nSPS) is 12.0. The summed E-state index contributed by atoms with van der Waals surface area (Å²) in [5.41, 5.74) is 0. The maximum atomic E-state index is 2.39. The van der Waals surface area contributed by atoms with Gasteiger partial charge in [0.25, 0.3) is 0 Å². The van der Waals surface area contributed by atoms with Crippen molar-refractivity contribution in [1.82, 2.24) is 0 Å². The second-order valence-corrected chi connectivity index (χ2v) is 7.01. The van der Waals surface area contributed by atoms with Gasteiger partial charge in [-0.15, -0.1) is 0 Å². The van der Waals surface area contributed by atoms with E-state index < -0.39 is 0 Å². The molecule has 0 aliphatic carbocycles. The molecule has 0 spiro atoms. The summed E-state index contributed by atoms with van der Waals surface area (Å²) in [4.78, 5) is 0. The van der Waals surface area contributed by atoms with Gasteiger partial charge >= 0.3 is 0 Å². The first-order valence-electron chi connectivity index (χ1n) is 10.1. The molecule has 0 heterocycles. The molecular formula is C20H44N+. The summed E-state index contributed by atoms with van der Waals surface area (Å²) >= 11 is 0. The summed E-state index contributed by atoms with van der Waals surface area (Å²) in [7, 11) is 0. The molecule has 0 aromatic rings. The minimum absolute atomic E-state index is 1.33. The van der Waals surface area contributed by atoms with Crippen molar-refractivity contribution < 1.29 is 4.48 Å². The number of unbranched alkanes of at least 4 members (excludes halogenated alkanes) is 9. The molecule has 0 saturated heterocycles. The number of rotatable bonds is 16. The molecule has 0 aliphatic heterocycles. The van der Waals surface area contributed by atoms with Crippen molar-refractivity contribution in [3.8, 4) is 0 Å². The molecule has 128 valence electrons. The van der Waals surface area contributed by atoms with Crippen LogP contribution in [-0.4, -0.2) is 30.7 Å². The monoisotopic (exact) mass is 298 g/mol. The van der Waals surface area contributed by atoms with Gasteiger partial charge in [-0.2, -0.15) is 0 Å². The maximum Gasteiger partial charge on any atom is 0.0786 e. The van der Waals surface area contributed by atoms with E-state index in [1.807, 2.05) is 0 Å². The number of hydrogen-bond acceptors (Lipinski definition) is 0. The Bertz CT molecular complexity index is 194. The highest BCUT2D eigenvalue weighted by Crippen LogP contribution is 2.15. The maximum absolute atomic E-state index is 2.39. The van der Waals surface area contributed by atoms with Crippen LogP contribution >= 0.6 is 0 Å². The second kappa shape index (κ2) is 14.9. The molecule has 0 atom stereocenters. The fourth-order valence-electron chi connectivity index (χ4n) is 3.69. The highest BCUT2D eigenvalue weighted by Gasteiger charge is 2.22. The highest BCUT2D eigenvalue weighted by molar-refractivity contribution is 4.49. The Labute approximate surface area is 136 Å². The molecule has 0 unspecified atom stereocenters. The molecular weight excluding hydrogens is 254 g/mol. The van der Waals surface area contributed by atoms with Gasteiger partial charge in [0, 0.05) is 0 Å². The first kappa shape index (κ1) is 21.0. The molecule has 0 radical (unpaired) electrons. The predicted octanol–water partition coefficient (Wildman–Crippen LogP) is 6.56. The zero-order valence-corrected chi connectivity index (χ0v) is 15.8. The minimum Gasteiger partial charge on any atom is -0.324 e. The molecule has 0 N–H and O–H groups in total. The molecule has 0 bridgehead atoms. The summed E-state index contributed by atoms with van der Waals surface area (Å²) in [6.07, 6.45) is 17.2. The smallest absolute Gasteiger partial charge is 0.0786 e. The quantitative estimate of drug-likeness (QED) is 0.223. The summed E-state index contributed by atoms with van der Waals surface area (Å²) in [5.74, 6) is 0. The third-order valence-corrected chi connectivity index (χ3v) is 5.05. The number of quaternary nitrogens is 1. The summed E-state index contributed by atoms with van der Waals surface area (Å²) in [5, 5.41) is 0. The van der Waals surface area contributed by atoms with Gasteiger partial charge in [0.1, 0.15) is 0 Å². The third-order valence-electron chi connectivity index (χ3n) is 5.05. The van der Waals surface area contributed by atoms with Crippen LogP contribution < -0.4 is 0 Å². The number of nitrogens with zero attached hydrogens (tertiary/aromatic N) is 1. The summed E-state index contributed by atoms with van der Waals surface area (Å²) < 4.78 is 1.38. The minimum atomic E-state index is 1.33. The molecule has 0 aromatic heterocycles. The number of hydrogen-bond donors (Lipinski definition) is 0. The highest BCUT2D eigenvalue weighted by atomic mass is 15.3. The van der Waals surface area contributed by atoms with E-state index in [-0.39, 0.29) is 0 Å². The van der Waals surface area contributed by atoms with E-state index in [1.54, 1.807) is 0 Å². The van der Waals surface area contributed by atoms with Gasteiger partial charge in [0.2, 0.25) is 0 Å². The molecule has 0 rings (SSSR count). The topological polar surface area (TPSA) is 0 Å². The van der Waals surface area contributed by atoms with E-state index >= 15 is 0 Å². The molecule has 0 saturated carbocycles. The second-order valence-electron chi connectivity index (χ2n) is 7.01. The van der Waals surface area contributed by atoms with E-state index in [0.717, 1.165) is 0 Å². The van der Waals surface area contributed by atoms with Crippen molar-refractivity contribution >= 4 is 0 Å². The van der Waals surface area contributed by atoms with E-state index in [2.05, 4.69) is 27.7 Å². The first-order valence-corrected chi connectivity index (χ1v) is 10.1. The SMILES string of the molecule is CCCCCCCCCCCC[N+](CC)(CCC)CCC. The Kier molecular flexibility index (Phi) is 14.9. The van der Waals surface area contributed by atoms with E-state index in [9.17, 15) is 0 Å². The van der Waals surface area contributed by atoms with Crippen molar-refractivity contribution in [3.05, 3.63) is 0 Å². The van der Waals surface area contributed by atoms with Crippen LogP contribution in [0.2, 0.25) is 0 Å². The van der Waals surface area contributed by atoms with Crippen LogP contribution in [0.5, 0.6) is 0 Å². The van der Waals surface area contributed by atoms with Crippen LogP contribution in [-0.2, 0) is 0 Å². The molecule has 21 heavy (non-hydrogen) atoms. The van der Waals surface area contributed by atoms with Crippen LogP contribution in [0, 0.1) is 0 Å². The zero-order valence-electron chi connectivity index (χ0n) is 15.8. The predicted molar refractivity (Wildman–Crippen MR) is 97.8 cm³/mol. The Balaban J connectivity index is 3.57. The lowest BCUT2D eigenvalue weighted by atomic mass is 10.1. The average molecular weight is 299 g/mol. The van der Waals surface area contributed by atoms with Gasteiger partial charge in [-0.25, -0.2) is 0 Å². The van der Waals surface area contributed by atoms with Crippen molar-refractivity contribution in [2.45, 2.75) is 105 Å². The van der Waals surface area contributed by atoms with E-state index in [4.69, 9.17) is 0 Å². The molecule has 0 aliphatic rings. The molecule has 1 nitrogen and oxygen atoms in total. The van der Waals surface area contributed by atoms with Crippen LogP contribution in [0.25, 0.3) is 0 Å². The summed E-state index contributed by atoms with van der Waals surface area (Å²) in [6.45, 7) is 14.9. The van der Waals surface area contributed by atoms with Crippen molar-refractivity contribution in [1.29, 1.82) is 0 Å². The van der Waals surface area contributed by atoms with Gasteiger partial charge in [0.15, 0.2) is 0 Å². The van der Waals surface area contributed by atoms with Gasteiger partial charge in [-0.05, 0) is 32.6 Å². The van der Waals surface area contributed by atoms with Gasteiger partial charge in [-0.1, -0.05) is 72.1 Å². The van der Waals surface area contributed by atoms with Crippen LogP contribution in [0.4, 0.5) is 0 Å². The lowest BCUT2D eigenvalue weighted by molar-refractivity contribution is -0.926. The van der Waals surface area contributed by atoms with Gasteiger partial charge < -0.3 is 4.48 Å². The Hall–Kier alpha value is -0.0400. The average Bonchev–Trinajstić information content (AvgIpc) is 2.49.